The van der Waals surface area contributed by atoms with E-state index in [9.17, 15) is 24.9 Å². The number of fused-ring (bicyclic) bond motifs is 1. The Morgan fingerprint density at radius 1 is 0.765 bits per heavy atom. The maximum atomic E-state index is 14.0. The van der Waals surface area contributed by atoms with Crippen LogP contribution in [-0.4, -0.2) is 101 Å². The third-order valence-corrected chi connectivity index (χ3v) is 9.86. The number of aromatic hydroxyl groups is 2. The van der Waals surface area contributed by atoms with Crippen molar-refractivity contribution in [1.29, 1.82) is 0 Å². The molecule has 13 heteroatoms. The summed E-state index contributed by atoms with van der Waals surface area (Å²) in [6.07, 6.45) is 4.13. The molecule has 0 saturated carbocycles. The smallest absolute Gasteiger partial charge is 0.194 e. The Morgan fingerprint density at radius 3 is 1.92 bits per heavy atom. The zero-order chi connectivity index (χ0) is 36.6. The van der Waals surface area contributed by atoms with Gasteiger partial charge in [-0.2, -0.15) is 0 Å². The van der Waals surface area contributed by atoms with E-state index in [0.717, 1.165) is 5.57 Å². The van der Waals surface area contributed by atoms with Crippen LogP contribution in [0.3, 0.4) is 0 Å². The van der Waals surface area contributed by atoms with Gasteiger partial charge in [-0.15, -0.1) is 0 Å². The molecule has 0 aliphatic heterocycles. The van der Waals surface area contributed by atoms with Crippen LogP contribution < -0.4 is 30.4 Å². The van der Waals surface area contributed by atoms with Crippen molar-refractivity contribution in [3.63, 3.8) is 0 Å². The molecule has 5 aromatic carbocycles. The molecule has 51 heavy (non-hydrogen) atoms. The zero-order valence-corrected chi connectivity index (χ0v) is 29.3. The van der Waals surface area contributed by atoms with Crippen molar-refractivity contribution < 1.29 is 44.1 Å². The number of anilines is 1. The van der Waals surface area contributed by atoms with E-state index in [4.69, 9.17) is 33.8 Å². The van der Waals surface area contributed by atoms with Crippen molar-refractivity contribution in [2.75, 3.05) is 79.4 Å². The molecule has 6 rings (SSSR count). The van der Waals surface area contributed by atoms with Crippen LogP contribution in [0.2, 0.25) is 0 Å². The standard InChI is InChI=1S/C38H42N2O11/c1-6-38(18-39-7-11-50-13-9-41)19(2)15-20-25-30-26(35(45)34(20)40-8-12-51-14-10-42)21(43)16-23(47-3)28(30)29-24(48-4)17-22(44)27-31(29)32(25)33(38)37(49-5)36(27)46/h15-18,40-42,45-46H,6-14H2,1-5H3. The van der Waals surface area contributed by atoms with Gasteiger partial charge < -0.3 is 49.4 Å². The van der Waals surface area contributed by atoms with Crippen LogP contribution in [0.15, 0.2) is 32.3 Å². The van der Waals surface area contributed by atoms with Gasteiger partial charge in [0.1, 0.15) is 11.5 Å². The Balaban J connectivity index is 1.91. The minimum atomic E-state index is -1.05. The first-order valence-corrected chi connectivity index (χ1v) is 16.7. The average Bonchev–Trinajstić information content (AvgIpc) is 3.23. The van der Waals surface area contributed by atoms with Crippen molar-refractivity contribution in [3.8, 4) is 28.7 Å². The maximum Gasteiger partial charge on any atom is 0.194 e. The maximum absolute atomic E-state index is 14.0. The molecule has 270 valence electrons. The number of nitrogens with one attached hydrogen (secondary N) is 1. The summed E-state index contributed by atoms with van der Waals surface area (Å²) >= 11 is 0. The van der Waals surface area contributed by atoms with Crippen molar-refractivity contribution in [3.05, 3.63) is 49.3 Å². The number of aliphatic hydroxyl groups is 2. The lowest BCUT2D eigenvalue weighted by Crippen LogP contribution is -2.30. The fraction of sp³-hybridized carbons (Fsp3) is 0.395. The van der Waals surface area contributed by atoms with Gasteiger partial charge in [0, 0.05) is 68.3 Å². The van der Waals surface area contributed by atoms with E-state index in [1.807, 2.05) is 19.9 Å². The molecule has 0 bridgehead atoms. The molecule has 13 nitrogen and oxygen atoms in total. The van der Waals surface area contributed by atoms with E-state index in [-0.39, 0.29) is 97.9 Å². The monoisotopic (exact) mass is 702 g/mol. The van der Waals surface area contributed by atoms with Gasteiger partial charge in [0.25, 0.3) is 0 Å². The Bertz CT molecular complexity index is 2300. The highest BCUT2D eigenvalue weighted by Gasteiger charge is 2.42. The number of hydrogen-bond acceptors (Lipinski definition) is 13. The first kappa shape index (κ1) is 35.9. The SMILES string of the molecule is CCC1(C=NCCOCCO)C(C)=Cc2c(NCCOCCO)c(O)c3c(=O)cc(OC)c4c5c(OC)cc(=O)c6c(O)c(OC)c1c(c2c34)c65. The number of aliphatic hydroxyl groups excluding tert-OH is 2. The molecule has 0 fully saturated rings. The minimum absolute atomic E-state index is 0.00158. The number of phenols is 2. The summed E-state index contributed by atoms with van der Waals surface area (Å²) in [5, 5.41) is 48.4. The predicted octanol–water partition coefficient (Wildman–Crippen LogP) is 3.90. The van der Waals surface area contributed by atoms with E-state index < -0.39 is 16.3 Å². The van der Waals surface area contributed by atoms with Crippen molar-refractivity contribution in [1.82, 2.24) is 0 Å². The molecule has 1 unspecified atom stereocenters. The van der Waals surface area contributed by atoms with E-state index in [0.29, 0.717) is 49.9 Å². The molecule has 1 aliphatic rings. The largest absolute Gasteiger partial charge is 0.505 e. The molecule has 0 radical (unpaired) electrons. The van der Waals surface area contributed by atoms with Crippen molar-refractivity contribution >= 4 is 61.1 Å². The first-order valence-electron chi connectivity index (χ1n) is 16.7. The lowest BCUT2D eigenvalue weighted by atomic mass is 9.70. The zero-order valence-electron chi connectivity index (χ0n) is 29.3. The second-order valence-electron chi connectivity index (χ2n) is 12.3. The van der Waals surface area contributed by atoms with E-state index in [1.54, 1.807) is 6.21 Å². The number of allylic oxidation sites excluding steroid dienone is 1. The summed E-state index contributed by atoms with van der Waals surface area (Å²) in [6.45, 7) is 4.87. The fourth-order valence-corrected chi connectivity index (χ4v) is 7.67. The fourth-order valence-electron chi connectivity index (χ4n) is 7.67. The molecule has 5 aromatic rings. The van der Waals surface area contributed by atoms with Crippen LogP contribution in [0.25, 0.3) is 49.2 Å². The molecule has 5 N–H and O–H groups in total. The van der Waals surface area contributed by atoms with Crippen LogP contribution in [0.1, 0.15) is 31.4 Å². The normalized spacial score (nSPS) is 15.9. The van der Waals surface area contributed by atoms with Crippen LogP contribution in [-0.2, 0) is 14.9 Å². The molecule has 1 aliphatic carbocycles. The van der Waals surface area contributed by atoms with Gasteiger partial charge in [0.05, 0.1) is 89.4 Å². The summed E-state index contributed by atoms with van der Waals surface area (Å²) in [5.41, 5.74) is 0.0246. The number of benzene rings is 5. The Morgan fingerprint density at radius 2 is 1.35 bits per heavy atom. The number of nitrogens with zero attached hydrogens (tertiary/aromatic N) is 1. The van der Waals surface area contributed by atoms with E-state index in [2.05, 4.69) is 5.32 Å². The van der Waals surface area contributed by atoms with Gasteiger partial charge in [-0.25, -0.2) is 0 Å². The third-order valence-electron chi connectivity index (χ3n) is 9.86. The molecule has 0 saturated heterocycles. The van der Waals surface area contributed by atoms with Crippen LogP contribution in [0.4, 0.5) is 5.69 Å². The van der Waals surface area contributed by atoms with Gasteiger partial charge in [0.2, 0.25) is 0 Å². The highest BCUT2D eigenvalue weighted by Crippen LogP contribution is 2.59. The van der Waals surface area contributed by atoms with Crippen molar-refractivity contribution in [2.24, 2.45) is 4.99 Å². The highest BCUT2D eigenvalue weighted by atomic mass is 16.5. The molecule has 0 heterocycles. The first-order chi connectivity index (χ1) is 24.7. The second kappa shape index (κ2) is 14.3. The Kier molecular flexibility index (Phi) is 10.1. The predicted molar refractivity (Wildman–Crippen MR) is 198 cm³/mol. The van der Waals surface area contributed by atoms with Crippen LogP contribution >= 0.6 is 0 Å². The summed E-state index contributed by atoms with van der Waals surface area (Å²) in [5.74, 6) is -0.180. The third kappa shape index (κ3) is 5.43. The molecule has 0 aromatic heterocycles. The van der Waals surface area contributed by atoms with Crippen molar-refractivity contribution in [2.45, 2.75) is 25.7 Å². The van der Waals surface area contributed by atoms with Gasteiger partial charge in [-0.3, -0.25) is 14.6 Å². The molecule has 0 amide bonds. The molecular weight excluding hydrogens is 660 g/mol. The summed E-state index contributed by atoms with van der Waals surface area (Å²) in [4.78, 5) is 32.7. The summed E-state index contributed by atoms with van der Waals surface area (Å²) in [7, 11) is 4.29. The number of methoxy groups -OCH3 is 3. The van der Waals surface area contributed by atoms with Crippen LogP contribution in [0.5, 0.6) is 28.7 Å². The van der Waals surface area contributed by atoms with Gasteiger partial charge in [-0.1, -0.05) is 18.6 Å². The number of hydrogen-bond donors (Lipinski definition) is 5. The molecular formula is C38H42N2O11. The Labute approximate surface area is 293 Å². The van der Waals surface area contributed by atoms with E-state index >= 15 is 0 Å². The topological polar surface area (TPSA) is 186 Å². The Hall–Kier alpha value is -4.95. The number of rotatable bonds is 16. The van der Waals surface area contributed by atoms with Gasteiger partial charge in [-0.05, 0) is 13.3 Å². The van der Waals surface area contributed by atoms with Gasteiger partial charge in [0.15, 0.2) is 28.1 Å². The lowest BCUT2D eigenvalue weighted by molar-refractivity contribution is 0.0978. The summed E-state index contributed by atoms with van der Waals surface area (Å²) < 4.78 is 28.6. The van der Waals surface area contributed by atoms with Gasteiger partial charge >= 0.3 is 0 Å². The average molecular weight is 703 g/mol. The molecule has 0 spiro atoms. The number of phenolic OH excluding ortho intramolecular Hbond substituents is 2. The number of aliphatic imine (C=N–C) groups is 1. The van der Waals surface area contributed by atoms with E-state index in [1.165, 1.54) is 33.5 Å². The molecule has 1 atom stereocenters. The second-order valence-corrected chi connectivity index (χ2v) is 12.3. The quantitative estimate of drug-likeness (QED) is 0.0329. The minimum Gasteiger partial charge on any atom is -0.505 e. The highest BCUT2D eigenvalue weighted by molar-refractivity contribution is 6.40. The lowest BCUT2D eigenvalue weighted by Gasteiger charge is -2.33. The summed E-state index contributed by atoms with van der Waals surface area (Å²) in [6, 6.07) is 2.58. The van der Waals surface area contributed by atoms with Crippen LogP contribution in [0, 0.1) is 0 Å². The number of ether oxygens (including phenoxy) is 5.